The summed E-state index contributed by atoms with van der Waals surface area (Å²) in [4.78, 5) is 0. The van der Waals surface area contributed by atoms with Gasteiger partial charge in [0.2, 0.25) is 0 Å². The third kappa shape index (κ3) is 3.52. The smallest absolute Gasteiger partial charge is 0.0882 e. The van der Waals surface area contributed by atoms with Crippen molar-refractivity contribution in [1.82, 2.24) is 0 Å². The summed E-state index contributed by atoms with van der Waals surface area (Å²) in [5.74, 6) is -0.170. The molecular formula is C15H14Br3NO. The van der Waals surface area contributed by atoms with Crippen molar-refractivity contribution in [2.24, 2.45) is 5.73 Å². The van der Waals surface area contributed by atoms with E-state index in [1.165, 1.54) is 0 Å². The summed E-state index contributed by atoms with van der Waals surface area (Å²) in [6.45, 7) is 0.364. The van der Waals surface area contributed by atoms with E-state index in [1.54, 1.807) is 0 Å². The molecule has 0 fully saturated rings. The summed E-state index contributed by atoms with van der Waals surface area (Å²) in [5, 5.41) is 10.7. The number of rotatable bonds is 4. The monoisotopic (exact) mass is 461 g/mol. The van der Waals surface area contributed by atoms with Gasteiger partial charge in [0.05, 0.1) is 6.10 Å². The summed E-state index contributed by atoms with van der Waals surface area (Å²) in [5.41, 5.74) is 7.73. The van der Waals surface area contributed by atoms with Gasteiger partial charge in [-0.2, -0.15) is 0 Å². The summed E-state index contributed by atoms with van der Waals surface area (Å²) in [6, 6.07) is 13.6. The second kappa shape index (κ2) is 7.18. The highest BCUT2D eigenvalue weighted by Gasteiger charge is 2.25. The van der Waals surface area contributed by atoms with E-state index in [2.05, 4.69) is 47.8 Å². The van der Waals surface area contributed by atoms with Gasteiger partial charge in [0.1, 0.15) is 0 Å². The molecule has 2 unspecified atom stereocenters. The number of benzene rings is 2. The molecule has 2 aromatic rings. The third-order valence-electron chi connectivity index (χ3n) is 3.22. The molecule has 2 nitrogen and oxygen atoms in total. The highest BCUT2D eigenvalue weighted by molar-refractivity contribution is 9.11. The standard InChI is InChI=1S/C15H14Br3NO/c16-9-5-6-14(18)11(7-9)15(20)12(8-19)10-3-1-2-4-13(10)17/h1-7,12,15,20H,8,19H2. The molecule has 0 spiro atoms. The predicted octanol–water partition coefficient (Wildman–Crippen LogP) is 4.75. The van der Waals surface area contributed by atoms with E-state index in [-0.39, 0.29) is 5.92 Å². The first-order valence-corrected chi connectivity index (χ1v) is 8.50. The van der Waals surface area contributed by atoms with Crippen LogP contribution in [0, 0.1) is 0 Å². The van der Waals surface area contributed by atoms with Crippen molar-refractivity contribution in [3.8, 4) is 0 Å². The van der Waals surface area contributed by atoms with Crippen LogP contribution in [0.4, 0.5) is 0 Å². The Bertz CT molecular complexity index is 603. The molecule has 106 valence electrons. The maximum absolute atomic E-state index is 10.7. The Labute approximate surface area is 143 Å². The predicted molar refractivity (Wildman–Crippen MR) is 92.7 cm³/mol. The molecule has 0 bridgehead atoms. The molecule has 0 heterocycles. The average molecular weight is 464 g/mol. The van der Waals surface area contributed by atoms with Crippen LogP contribution < -0.4 is 5.73 Å². The normalized spacial score (nSPS) is 14.1. The Balaban J connectivity index is 2.41. The quantitative estimate of drug-likeness (QED) is 0.687. The zero-order valence-corrected chi connectivity index (χ0v) is 15.3. The van der Waals surface area contributed by atoms with Crippen molar-refractivity contribution in [3.05, 3.63) is 67.0 Å². The number of aliphatic hydroxyl groups is 1. The molecule has 0 aliphatic heterocycles. The van der Waals surface area contributed by atoms with Crippen LogP contribution in [-0.2, 0) is 0 Å². The molecule has 0 aliphatic rings. The fourth-order valence-corrected chi connectivity index (χ4v) is 3.60. The highest BCUT2D eigenvalue weighted by Crippen LogP contribution is 2.37. The second-order valence-electron chi connectivity index (χ2n) is 4.47. The maximum atomic E-state index is 10.7. The second-order valence-corrected chi connectivity index (χ2v) is 7.10. The van der Waals surface area contributed by atoms with Crippen LogP contribution in [-0.4, -0.2) is 11.7 Å². The number of hydrogen-bond donors (Lipinski definition) is 2. The van der Waals surface area contributed by atoms with Gasteiger partial charge in [-0.15, -0.1) is 0 Å². The summed E-state index contributed by atoms with van der Waals surface area (Å²) in [7, 11) is 0. The minimum Gasteiger partial charge on any atom is -0.388 e. The van der Waals surface area contributed by atoms with Crippen molar-refractivity contribution < 1.29 is 5.11 Å². The van der Waals surface area contributed by atoms with Crippen molar-refractivity contribution in [3.63, 3.8) is 0 Å². The van der Waals surface area contributed by atoms with E-state index in [0.717, 1.165) is 24.5 Å². The van der Waals surface area contributed by atoms with Gasteiger partial charge in [-0.3, -0.25) is 0 Å². The Morgan fingerprint density at radius 3 is 2.25 bits per heavy atom. The first-order valence-electron chi connectivity index (χ1n) is 6.12. The van der Waals surface area contributed by atoms with E-state index in [9.17, 15) is 5.11 Å². The first-order chi connectivity index (χ1) is 9.54. The van der Waals surface area contributed by atoms with Crippen LogP contribution in [0.2, 0.25) is 0 Å². The molecule has 20 heavy (non-hydrogen) atoms. The maximum Gasteiger partial charge on any atom is 0.0882 e. The Morgan fingerprint density at radius 1 is 0.950 bits per heavy atom. The fraction of sp³-hybridized carbons (Fsp3) is 0.200. The highest BCUT2D eigenvalue weighted by atomic mass is 79.9. The van der Waals surface area contributed by atoms with Gasteiger partial charge in [-0.1, -0.05) is 66.0 Å². The first kappa shape index (κ1) is 16.2. The summed E-state index contributed by atoms with van der Waals surface area (Å²) >= 11 is 10.4. The van der Waals surface area contributed by atoms with E-state index >= 15 is 0 Å². The molecule has 0 aromatic heterocycles. The van der Waals surface area contributed by atoms with Crippen LogP contribution in [0.3, 0.4) is 0 Å². The molecule has 2 atom stereocenters. The Kier molecular flexibility index (Phi) is 5.81. The fourth-order valence-electron chi connectivity index (χ4n) is 2.16. The molecule has 0 aliphatic carbocycles. The SMILES string of the molecule is NCC(c1ccccc1Br)C(O)c1cc(Br)ccc1Br. The van der Waals surface area contributed by atoms with Gasteiger partial charge in [0.15, 0.2) is 0 Å². The Morgan fingerprint density at radius 2 is 1.60 bits per heavy atom. The number of nitrogens with two attached hydrogens (primary N) is 1. The lowest BCUT2D eigenvalue weighted by Gasteiger charge is -2.24. The number of halogens is 3. The summed E-state index contributed by atoms with van der Waals surface area (Å²) < 4.78 is 2.76. The minimum atomic E-state index is -0.675. The molecule has 0 amide bonds. The molecule has 2 aromatic carbocycles. The lowest BCUT2D eigenvalue weighted by atomic mass is 9.89. The zero-order valence-electron chi connectivity index (χ0n) is 10.6. The van der Waals surface area contributed by atoms with Crippen LogP contribution >= 0.6 is 47.8 Å². The molecule has 0 radical (unpaired) electrons. The minimum absolute atomic E-state index is 0.170. The number of aliphatic hydroxyl groups excluding tert-OH is 1. The largest absolute Gasteiger partial charge is 0.388 e. The lowest BCUT2D eigenvalue weighted by molar-refractivity contribution is 0.146. The molecule has 5 heteroatoms. The van der Waals surface area contributed by atoms with Crippen LogP contribution in [0.5, 0.6) is 0 Å². The third-order valence-corrected chi connectivity index (χ3v) is 5.15. The lowest BCUT2D eigenvalue weighted by Crippen LogP contribution is -2.21. The molecule has 3 N–H and O–H groups in total. The van der Waals surface area contributed by atoms with Crippen LogP contribution in [0.1, 0.15) is 23.1 Å². The molecular weight excluding hydrogens is 450 g/mol. The van der Waals surface area contributed by atoms with E-state index in [1.807, 2.05) is 42.5 Å². The van der Waals surface area contributed by atoms with Gasteiger partial charge in [0, 0.05) is 25.9 Å². The van der Waals surface area contributed by atoms with E-state index in [4.69, 9.17) is 5.73 Å². The van der Waals surface area contributed by atoms with Gasteiger partial charge in [-0.25, -0.2) is 0 Å². The number of hydrogen-bond acceptors (Lipinski definition) is 2. The molecule has 0 saturated carbocycles. The van der Waals surface area contributed by atoms with Crippen molar-refractivity contribution in [2.45, 2.75) is 12.0 Å². The Hall–Kier alpha value is -0.200. The van der Waals surface area contributed by atoms with Gasteiger partial charge in [0.25, 0.3) is 0 Å². The van der Waals surface area contributed by atoms with Gasteiger partial charge in [-0.05, 0) is 35.4 Å². The van der Waals surface area contributed by atoms with E-state index in [0.29, 0.717) is 6.54 Å². The van der Waals surface area contributed by atoms with Gasteiger partial charge >= 0.3 is 0 Å². The van der Waals surface area contributed by atoms with Crippen LogP contribution in [0.15, 0.2) is 55.9 Å². The van der Waals surface area contributed by atoms with E-state index < -0.39 is 6.10 Å². The van der Waals surface area contributed by atoms with Crippen molar-refractivity contribution in [2.75, 3.05) is 6.54 Å². The average Bonchev–Trinajstić information content (AvgIpc) is 2.44. The van der Waals surface area contributed by atoms with Crippen molar-refractivity contribution in [1.29, 1.82) is 0 Å². The molecule has 2 rings (SSSR count). The van der Waals surface area contributed by atoms with Crippen LogP contribution in [0.25, 0.3) is 0 Å². The van der Waals surface area contributed by atoms with Crippen molar-refractivity contribution >= 4 is 47.8 Å². The van der Waals surface area contributed by atoms with Gasteiger partial charge < -0.3 is 10.8 Å². The summed E-state index contributed by atoms with van der Waals surface area (Å²) in [6.07, 6.45) is -0.675. The molecule has 0 saturated heterocycles. The topological polar surface area (TPSA) is 46.2 Å². The zero-order chi connectivity index (χ0) is 14.7.